The summed E-state index contributed by atoms with van der Waals surface area (Å²) in [4.78, 5) is 13.4. The summed E-state index contributed by atoms with van der Waals surface area (Å²) >= 11 is 6.13. The van der Waals surface area contributed by atoms with Gasteiger partial charge in [0, 0.05) is 23.2 Å². The number of carbonyl (C=O) groups excluding carboxylic acids is 1. The van der Waals surface area contributed by atoms with E-state index in [2.05, 4.69) is 37.4 Å². The highest BCUT2D eigenvalue weighted by atomic mass is 35.5. The molecule has 1 aliphatic heterocycles. The van der Waals surface area contributed by atoms with Crippen molar-refractivity contribution in [1.29, 1.82) is 0 Å². The van der Waals surface area contributed by atoms with Crippen molar-refractivity contribution < 1.29 is 15.0 Å². The van der Waals surface area contributed by atoms with Crippen molar-refractivity contribution in [3.8, 4) is 11.5 Å². The molecular formula is C25H22ClNO3. The number of rotatable bonds is 1. The third-order valence-electron chi connectivity index (χ3n) is 6.14. The highest BCUT2D eigenvalue weighted by Gasteiger charge is 2.41. The van der Waals surface area contributed by atoms with E-state index in [0.29, 0.717) is 12.0 Å². The molecule has 1 aliphatic carbocycles. The van der Waals surface area contributed by atoms with Gasteiger partial charge in [0.1, 0.15) is 0 Å². The Morgan fingerprint density at radius 2 is 1.83 bits per heavy atom. The highest BCUT2D eigenvalue weighted by molar-refractivity contribution is 6.32. The minimum atomic E-state index is -0.443. The van der Waals surface area contributed by atoms with Crippen LogP contribution in [0.1, 0.15) is 43.9 Å². The minimum Gasteiger partial charge on any atom is -0.504 e. The van der Waals surface area contributed by atoms with Gasteiger partial charge in [0.25, 0.3) is 0 Å². The highest BCUT2D eigenvalue weighted by Crippen LogP contribution is 2.52. The average Bonchev–Trinajstić information content (AvgIpc) is 2.69. The SMILES string of the molecule is CC1(C)CC(=O)C2=C(C1)c1c(ccc3ccccc13)NC2c1cc(O)c(O)c(Cl)c1. The Morgan fingerprint density at radius 1 is 1.07 bits per heavy atom. The lowest BCUT2D eigenvalue weighted by atomic mass is 9.68. The first-order chi connectivity index (χ1) is 14.2. The second kappa shape index (κ2) is 6.51. The van der Waals surface area contributed by atoms with Crippen LogP contribution in [0.5, 0.6) is 11.5 Å². The number of nitrogens with one attached hydrogen (secondary N) is 1. The zero-order chi connectivity index (χ0) is 21.2. The Labute approximate surface area is 179 Å². The van der Waals surface area contributed by atoms with Crippen LogP contribution in [0, 0.1) is 5.41 Å². The second-order valence-corrected chi connectivity index (χ2v) is 9.40. The molecule has 152 valence electrons. The molecule has 5 rings (SSSR count). The predicted octanol–water partition coefficient (Wildman–Crippen LogP) is 6.21. The van der Waals surface area contributed by atoms with Gasteiger partial charge < -0.3 is 15.5 Å². The predicted molar refractivity (Wildman–Crippen MR) is 120 cm³/mol. The summed E-state index contributed by atoms with van der Waals surface area (Å²) in [6.45, 7) is 4.25. The molecule has 1 atom stereocenters. The molecule has 0 amide bonds. The van der Waals surface area contributed by atoms with Crippen LogP contribution in [0.3, 0.4) is 0 Å². The summed E-state index contributed by atoms with van der Waals surface area (Å²) < 4.78 is 0. The summed E-state index contributed by atoms with van der Waals surface area (Å²) in [5.74, 6) is -0.553. The summed E-state index contributed by atoms with van der Waals surface area (Å²) in [5.41, 5.74) is 4.31. The van der Waals surface area contributed by atoms with E-state index in [1.807, 2.05) is 18.2 Å². The molecule has 0 saturated heterocycles. The standard InChI is InChI=1S/C25H22ClNO3/c1-25(2)11-16-21-15-6-4-3-5-13(15)7-8-18(21)27-23(22(16)20(29)12-25)14-9-17(26)24(30)19(28)10-14/h3-10,23,27-28,30H,11-12H2,1-2H3. The molecule has 5 heteroatoms. The molecule has 2 aliphatic rings. The Bertz CT molecular complexity index is 1240. The number of phenolic OH excluding ortho intramolecular Hbond substituents is 2. The zero-order valence-corrected chi connectivity index (χ0v) is 17.5. The molecule has 0 spiro atoms. The maximum absolute atomic E-state index is 13.4. The number of phenols is 2. The average molecular weight is 420 g/mol. The van der Waals surface area contributed by atoms with Gasteiger partial charge in [-0.3, -0.25) is 4.79 Å². The van der Waals surface area contributed by atoms with Crippen molar-refractivity contribution in [2.24, 2.45) is 5.41 Å². The van der Waals surface area contributed by atoms with Crippen molar-refractivity contribution in [3.05, 3.63) is 70.3 Å². The molecule has 4 nitrogen and oxygen atoms in total. The van der Waals surface area contributed by atoms with Gasteiger partial charge >= 0.3 is 0 Å². The lowest BCUT2D eigenvalue weighted by molar-refractivity contribution is -0.118. The zero-order valence-electron chi connectivity index (χ0n) is 16.8. The number of allylic oxidation sites excluding steroid dienone is 1. The number of fused-ring (bicyclic) bond motifs is 4. The number of hydrogen-bond acceptors (Lipinski definition) is 4. The van der Waals surface area contributed by atoms with Gasteiger partial charge in [-0.15, -0.1) is 0 Å². The number of ketones is 1. The first-order valence-electron chi connectivity index (χ1n) is 10.0. The largest absolute Gasteiger partial charge is 0.504 e. The van der Waals surface area contributed by atoms with E-state index in [-0.39, 0.29) is 27.7 Å². The molecule has 0 bridgehead atoms. The monoisotopic (exact) mass is 419 g/mol. The molecule has 3 aromatic rings. The fraction of sp³-hybridized carbons (Fsp3) is 0.240. The van der Waals surface area contributed by atoms with Crippen LogP contribution >= 0.6 is 11.6 Å². The van der Waals surface area contributed by atoms with Crippen molar-refractivity contribution in [1.82, 2.24) is 0 Å². The van der Waals surface area contributed by atoms with E-state index in [9.17, 15) is 15.0 Å². The van der Waals surface area contributed by atoms with E-state index in [1.165, 1.54) is 6.07 Å². The maximum atomic E-state index is 13.4. The van der Waals surface area contributed by atoms with Crippen molar-refractivity contribution in [2.75, 3.05) is 5.32 Å². The van der Waals surface area contributed by atoms with Gasteiger partial charge in [-0.25, -0.2) is 0 Å². The lowest BCUT2D eigenvalue weighted by Gasteiger charge is -2.40. The molecule has 1 unspecified atom stereocenters. The molecule has 3 aromatic carbocycles. The van der Waals surface area contributed by atoms with Gasteiger partial charge in [0.2, 0.25) is 0 Å². The van der Waals surface area contributed by atoms with Gasteiger partial charge in [-0.05, 0) is 51.9 Å². The normalized spacial score (nSPS) is 20.0. The quantitative estimate of drug-likeness (QED) is 0.410. The van der Waals surface area contributed by atoms with E-state index >= 15 is 0 Å². The number of anilines is 1. The van der Waals surface area contributed by atoms with E-state index in [4.69, 9.17) is 11.6 Å². The number of benzene rings is 3. The third-order valence-corrected chi connectivity index (χ3v) is 6.43. The summed E-state index contributed by atoms with van der Waals surface area (Å²) in [5, 5.41) is 25.8. The van der Waals surface area contributed by atoms with Crippen LogP contribution in [0.25, 0.3) is 16.3 Å². The molecule has 1 heterocycles. The number of hydrogen-bond donors (Lipinski definition) is 3. The van der Waals surface area contributed by atoms with Crippen molar-refractivity contribution in [2.45, 2.75) is 32.7 Å². The Hall–Kier alpha value is -2.98. The Morgan fingerprint density at radius 3 is 2.60 bits per heavy atom. The summed E-state index contributed by atoms with van der Waals surface area (Å²) in [7, 11) is 0. The van der Waals surface area contributed by atoms with Crippen molar-refractivity contribution >= 4 is 39.4 Å². The van der Waals surface area contributed by atoms with E-state index in [1.54, 1.807) is 6.07 Å². The van der Waals surface area contributed by atoms with Gasteiger partial charge in [-0.1, -0.05) is 55.8 Å². The fourth-order valence-electron chi connectivity index (χ4n) is 4.86. The van der Waals surface area contributed by atoms with Gasteiger partial charge in [0.05, 0.1) is 11.1 Å². The molecule has 0 radical (unpaired) electrons. The fourth-order valence-corrected chi connectivity index (χ4v) is 5.08. The van der Waals surface area contributed by atoms with E-state index in [0.717, 1.165) is 39.6 Å². The molecule has 0 aromatic heterocycles. The van der Waals surface area contributed by atoms with Crippen LogP contribution in [0.4, 0.5) is 5.69 Å². The topological polar surface area (TPSA) is 69.6 Å². The van der Waals surface area contributed by atoms with Crippen LogP contribution in [-0.4, -0.2) is 16.0 Å². The smallest absolute Gasteiger partial charge is 0.176 e. The number of carbonyl (C=O) groups is 1. The summed E-state index contributed by atoms with van der Waals surface area (Å²) in [6, 6.07) is 15.0. The van der Waals surface area contributed by atoms with Crippen LogP contribution in [0.2, 0.25) is 5.02 Å². The van der Waals surface area contributed by atoms with E-state index < -0.39 is 6.04 Å². The van der Waals surface area contributed by atoms with Crippen LogP contribution < -0.4 is 5.32 Å². The number of halogens is 1. The molecule has 3 N–H and O–H groups in total. The molecule has 0 fully saturated rings. The molecule has 0 saturated carbocycles. The minimum absolute atomic E-state index is 0.0573. The third kappa shape index (κ3) is 2.86. The first kappa shape index (κ1) is 19.0. The first-order valence-corrected chi connectivity index (χ1v) is 10.4. The molecular weight excluding hydrogens is 398 g/mol. The number of Topliss-reactive ketones (excluding diaryl/α,β-unsaturated/α-hetero) is 1. The Kier molecular flexibility index (Phi) is 4.13. The van der Waals surface area contributed by atoms with Crippen molar-refractivity contribution in [3.63, 3.8) is 0 Å². The maximum Gasteiger partial charge on any atom is 0.176 e. The van der Waals surface area contributed by atoms with Crippen LogP contribution in [0.15, 0.2) is 54.1 Å². The van der Waals surface area contributed by atoms with Gasteiger partial charge in [-0.2, -0.15) is 0 Å². The second-order valence-electron chi connectivity index (χ2n) is 8.99. The Balaban J connectivity index is 1.80. The molecule has 30 heavy (non-hydrogen) atoms. The lowest BCUT2D eigenvalue weighted by Crippen LogP contribution is -2.33. The summed E-state index contributed by atoms with van der Waals surface area (Å²) in [6.07, 6.45) is 1.24. The van der Waals surface area contributed by atoms with Gasteiger partial charge in [0.15, 0.2) is 17.3 Å². The number of aromatic hydroxyl groups is 2. The van der Waals surface area contributed by atoms with Crippen LogP contribution in [-0.2, 0) is 4.79 Å².